The molecule has 1 N–H and O–H groups in total. The first kappa shape index (κ1) is 20.4. The zero-order valence-electron chi connectivity index (χ0n) is 16.6. The first-order chi connectivity index (χ1) is 14.7. The fourth-order valence-electron chi connectivity index (χ4n) is 3.52. The highest BCUT2D eigenvalue weighted by atomic mass is 35.5. The maximum Gasteiger partial charge on any atom is 0.124 e. The van der Waals surface area contributed by atoms with Crippen molar-refractivity contribution < 1.29 is 9.13 Å². The molecule has 0 bridgehead atoms. The van der Waals surface area contributed by atoms with Gasteiger partial charge in [0.2, 0.25) is 0 Å². The van der Waals surface area contributed by atoms with E-state index in [1.807, 2.05) is 24.3 Å². The van der Waals surface area contributed by atoms with Crippen molar-refractivity contribution in [1.29, 1.82) is 0 Å². The van der Waals surface area contributed by atoms with E-state index in [0.717, 1.165) is 35.2 Å². The van der Waals surface area contributed by atoms with Crippen molar-refractivity contribution in [2.24, 2.45) is 0 Å². The van der Waals surface area contributed by atoms with Crippen LogP contribution in [0.1, 0.15) is 16.7 Å². The predicted octanol–water partition coefficient (Wildman–Crippen LogP) is 6.54. The fraction of sp³-hybridized carbons (Fsp3) is 0.154. The summed E-state index contributed by atoms with van der Waals surface area (Å²) in [6.07, 6.45) is 0.965. The summed E-state index contributed by atoms with van der Waals surface area (Å²) >= 11 is 6.16. The van der Waals surface area contributed by atoms with Gasteiger partial charge >= 0.3 is 0 Å². The zero-order chi connectivity index (χ0) is 20.8. The Bertz CT molecular complexity index is 1130. The molecule has 0 unspecified atom stereocenters. The molecule has 4 aromatic rings. The molecule has 2 nitrogen and oxygen atoms in total. The molecule has 0 amide bonds. The number of hydrogen-bond acceptors (Lipinski definition) is 2. The van der Waals surface area contributed by atoms with E-state index < -0.39 is 0 Å². The van der Waals surface area contributed by atoms with Crippen molar-refractivity contribution in [3.05, 3.63) is 112 Å². The maximum atomic E-state index is 13.3. The van der Waals surface area contributed by atoms with Crippen LogP contribution >= 0.6 is 11.6 Å². The lowest BCUT2D eigenvalue weighted by Gasteiger charge is -2.16. The number of halogens is 2. The summed E-state index contributed by atoms with van der Waals surface area (Å²) in [6, 6.07) is 27.2. The largest absolute Gasteiger partial charge is 0.488 e. The molecule has 0 atom stereocenters. The van der Waals surface area contributed by atoms with Crippen LogP contribution in [0, 0.1) is 5.82 Å². The minimum atomic E-state index is -0.349. The Kier molecular flexibility index (Phi) is 6.63. The van der Waals surface area contributed by atoms with Crippen LogP contribution in [0.2, 0.25) is 5.02 Å². The summed E-state index contributed by atoms with van der Waals surface area (Å²) in [5.41, 5.74) is 3.18. The van der Waals surface area contributed by atoms with Crippen LogP contribution in [0.4, 0.5) is 4.39 Å². The highest BCUT2D eigenvalue weighted by molar-refractivity contribution is 6.31. The lowest BCUT2D eigenvalue weighted by atomic mass is 10.0. The van der Waals surface area contributed by atoms with E-state index in [9.17, 15) is 4.39 Å². The van der Waals surface area contributed by atoms with Crippen LogP contribution in [-0.2, 0) is 19.6 Å². The molecule has 0 aliphatic rings. The number of benzene rings is 4. The van der Waals surface area contributed by atoms with Gasteiger partial charge < -0.3 is 10.1 Å². The molecule has 4 aromatic carbocycles. The highest BCUT2D eigenvalue weighted by Gasteiger charge is 2.10. The summed E-state index contributed by atoms with van der Waals surface area (Å²) in [7, 11) is 0. The van der Waals surface area contributed by atoms with Crippen molar-refractivity contribution in [3.8, 4) is 5.75 Å². The van der Waals surface area contributed by atoms with Crippen molar-refractivity contribution in [1.82, 2.24) is 5.32 Å². The Morgan fingerprint density at radius 2 is 1.67 bits per heavy atom. The average Bonchev–Trinajstić information content (AvgIpc) is 2.77. The van der Waals surface area contributed by atoms with Crippen LogP contribution < -0.4 is 10.1 Å². The van der Waals surface area contributed by atoms with Crippen molar-refractivity contribution in [2.45, 2.75) is 19.6 Å². The first-order valence-electron chi connectivity index (χ1n) is 10.0. The van der Waals surface area contributed by atoms with Gasteiger partial charge in [0.15, 0.2) is 0 Å². The van der Waals surface area contributed by atoms with Crippen LogP contribution in [0.5, 0.6) is 5.75 Å². The van der Waals surface area contributed by atoms with E-state index in [0.29, 0.717) is 11.6 Å². The Morgan fingerprint density at radius 1 is 0.867 bits per heavy atom. The van der Waals surface area contributed by atoms with Gasteiger partial charge in [-0.2, -0.15) is 0 Å². The van der Waals surface area contributed by atoms with Gasteiger partial charge in [-0.25, -0.2) is 4.39 Å². The van der Waals surface area contributed by atoms with Gasteiger partial charge in [0.1, 0.15) is 18.2 Å². The molecule has 0 radical (unpaired) electrons. The predicted molar refractivity (Wildman–Crippen MR) is 122 cm³/mol. The quantitative estimate of drug-likeness (QED) is 0.327. The molecule has 0 heterocycles. The lowest BCUT2D eigenvalue weighted by molar-refractivity contribution is 0.302. The van der Waals surface area contributed by atoms with Gasteiger partial charge in [0.25, 0.3) is 0 Å². The van der Waals surface area contributed by atoms with E-state index in [1.165, 1.54) is 23.1 Å². The number of fused-ring (bicyclic) bond motifs is 1. The van der Waals surface area contributed by atoms with E-state index in [2.05, 4.69) is 47.8 Å². The Labute approximate surface area is 181 Å². The fourth-order valence-corrected chi connectivity index (χ4v) is 3.74. The Morgan fingerprint density at radius 3 is 2.50 bits per heavy atom. The Balaban J connectivity index is 1.50. The molecular weight excluding hydrogens is 397 g/mol. The second-order valence-corrected chi connectivity index (χ2v) is 7.61. The molecule has 30 heavy (non-hydrogen) atoms. The molecule has 0 saturated carbocycles. The van der Waals surface area contributed by atoms with Crippen LogP contribution in [0.25, 0.3) is 10.8 Å². The summed E-state index contributed by atoms with van der Waals surface area (Å²) < 4.78 is 19.4. The third-order valence-corrected chi connectivity index (χ3v) is 5.48. The summed E-state index contributed by atoms with van der Waals surface area (Å²) in [5.74, 6) is 0.457. The standard InChI is InChI=1S/C26H23ClFNO/c27-25-16-22(28)12-10-21(25)18-30-26-13-11-20-8-4-5-9-23(20)24(26)17-29-15-14-19-6-2-1-3-7-19/h1-13,16,29H,14-15,17-18H2. The second-order valence-electron chi connectivity index (χ2n) is 7.20. The first-order valence-corrected chi connectivity index (χ1v) is 10.4. The van der Waals surface area contributed by atoms with Gasteiger partial charge in [-0.05, 0) is 47.5 Å². The third-order valence-electron chi connectivity index (χ3n) is 5.13. The second kappa shape index (κ2) is 9.75. The van der Waals surface area contributed by atoms with Crippen LogP contribution in [0.3, 0.4) is 0 Å². The molecule has 0 saturated heterocycles. The van der Waals surface area contributed by atoms with Crippen LogP contribution in [-0.4, -0.2) is 6.54 Å². The van der Waals surface area contributed by atoms with E-state index in [4.69, 9.17) is 16.3 Å². The number of rotatable bonds is 8. The van der Waals surface area contributed by atoms with Crippen molar-refractivity contribution in [3.63, 3.8) is 0 Å². The van der Waals surface area contributed by atoms with Gasteiger partial charge in [0.05, 0.1) is 5.02 Å². The number of hydrogen-bond donors (Lipinski definition) is 1. The smallest absolute Gasteiger partial charge is 0.124 e. The monoisotopic (exact) mass is 419 g/mol. The van der Waals surface area contributed by atoms with E-state index in [-0.39, 0.29) is 12.4 Å². The van der Waals surface area contributed by atoms with Gasteiger partial charge in [-0.15, -0.1) is 0 Å². The molecule has 0 aromatic heterocycles. The molecule has 0 fully saturated rings. The van der Waals surface area contributed by atoms with E-state index in [1.54, 1.807) is 6.07 Å². The van der Waals surface area contributed by atoms with Crippen molar-refractivity contribution >= 4 is 22.4 Å². The Hall–Kier alpha value is -2.88. The maximum absolute atomic E-state index is 13.3. The SMILES string of the molecule is Fc1ccc(COc2ccc3ccccc3c2CNCCc2ccccc2)c(Cl)c1. The summed E-state index contributed by atoms with van der Waals surface area (Å²) in [4.78, 5) is 0. The molecular formula is C26H23ClFNO. The van der Waals surface area contributed by atoms with Gasteiger partial charge in [-0.1, -0.05) is 78.3 Å². The highest BCUT2D eigenvalue weighted by Crippen LogP contribution is 2.29. The molecule has 4 heteroatoms. The van der Waals surface area contributed by atoms with Gasteiger partial charge in [-0.3, -0.25) is 0 Å². The topological polar surface area (TPSA) is 21.3 Å². The minimum absolute atomic E-state index is 0.286. The summed E-state index contributed by atoms with van der Waals surface area (Å²) in [6.45, 7) is 1.85. The number of nitrogens with one attached hydrogen (secondary N) is 1. The molecule has 0 spiro atoms. The third kappa shape index (κ3) is 4.99. The number of ether oxygens (including phenoxy) is 1. The van der Waals surface area contributed by atoms with Crippen molar-refractivity contribution in [2.75, 3.05) is 6.54 Å². The molecule has 152 valence electrons. The lowest BCUT2D eigenvalue weighted by Crippen LogP contribution is -2.17. The van der Waals surface area contributed by atoms with Crippen LogP contribution in [0.15, 0.2) is 84.9 Å². The molecule has 4 rings (SSSR count). The van der Waals surface area contributed by atoms with E-state index >= 15 is 0 Å². The zero-order valence-corrected chi connectivity index (χ0v) is 17.3. The normalized spacial score (nSPS) is 11.0. The summed E-state index contributed by atoms with van der Waals surface area (Å²) in [5, 5.41) is 6.25. The van der Waals surface area contributed by atoms with Gasteiger partial charge in [0, 0.05) is 17.7 Å². The minimum Gasteiger partial charge on any atom is -0.488 e. The molecule has 0 aliphatic heterocycles. The molecule has 0 aliphatic carbocycles. The average molecular weight is 420 g/mol.